The monoisotopic (exact) mass is 419 g/mol. The zero-order valence-electron chi connectivity index (χ0n) is 8.58. The quantitative estimate of drug-likeness (QED) is 0.524. The summed E-state index contributed by atoms with van der Waals surface area (Å²) in [4.78, 5) is 0. The topological polar surface area (TPSA) is 35.2 Å². The number of hydrogen-bond acceptors (Lipinski definition) is 2. The van der Waals surface area contributed by atoms with Gasteiger partial charge in [0, 0.05) is 14.6 Å². The Morgan fingerprint density at radius 2 is 1.47 bits per heavy atom. The minimum atomic E-state index is 0.716. The second-order valence-electron chi connectivity index (χ2n) is 3.34. The molecule has 0 heterocycles. The van der Waals surface area contributed by atoms with Gasteiger partial charge in [0.15, 0.2) is 0 Å². The fourth-order valence-electron chi connectivity index (χ4n) is 1.25. The molecule has 0 unspecified atom stereocenters. The number of halogens is 3. The van der Waals surface area contributed by atoms with Gasteiger partial charge in [0.25, 0.3) is 0 Å². The molecule has 2 N–H and O–H groups in total. The van der Waals surface area contributed by atoms with Crippen molar-refractivity contribution in [3.63, 3.8) is 0 Å². The molecule has 2 aromatic rings. The van der Waals surface area contributed by atoms with Gasteiger partial charge in [0.1, 0.15) is 11.5 Å². The summed E-state index contributed by atoms with van der Waals surface area (Å²) >= 11 is 10.4. The molecule has 17 heavy (non-hydrogen) atoms. The van der Waals surface area contributed by atoms with E-state index in [2.05, 4.69) is 47.8 Å². The van der Waals surface area contributed by atoms with Crippen LogP contribution in [-0.4, -0.2) is 0 Å². The number of rotatable bonds is 2. The third-order valence-corrected chi connectivity index (χ3v) is 5.44. The molecule has 0 aliphatic carbocycles. The van der Waals surface area contributed by atoms with E-state index in [9.17, 15) is 0 Å². The normalized spacial score (nSPS) is 10.3. The highest BCUT2D eigenvalue weighted by Gasteiger charge is 2.09. The zero-order valence-corrected chi connectivity index (χ0v) is 13.3. The summed E-state index contributed by atoms with van der Waals surface area (Å²) in [5.41, 5.74) is 6.33. The molecule has 5 heteroatoms. The first-order chi connectivity index (χ1) is 8.08. The van der Waals surface area contributed by atoms with Crippen LogP contribution < -0.4 is 10.5 Å². The molecular weight excluding hydrogens is 414 g/mol. The first-order valence-electron chi connectivity index (χ1n) is 4.75. The lowest BCUT2D eigenvalue weighted by Crippen LogP contribution is -1.88. The maximum absolute atomic E-state index is 5.75. The molecule has 88 valence electrons. The number of nitrogens with two attached hydrogens (primary N) is 1. The molecule has 0 aromatic heterocycles. The van der Waals surface area contributed by atoms with Crippen molar-refractivity contribution in [3.05, 3.63) is 49.8 Å². The standard InChI is InChI=1S/C12H8Br3NO/c13-9-5-6-10(12(15)11(9)14)17-8-3-1-7(16)2-4-8/h1-6H,16H2. The van der Waals surface area contributed by atoms with Gasteiger partial charge >= 0.3 is 0 Å². The van der Waals surface area contributed by atoms with Crippen molar-refractivity contribution < 1.29 is 4.74 Å². The van der Waals surface area contributed by atoms with E-state index in [0.717, 1.165) is 24.9 Å². The van der Waals surface area contributed by atoms with Crippen molar-refractivity contribution in [1.29, 1.82) is 0 Å². The third kappa shape index (κ3) is 3.03. The van der Waals surface area contributed by atoms with E-state index in [-0.39, 0.29) is 0 Å². The predicted octanol–water partition coefficient (Wildman–Crippen LogP) is 5.35. The second-order valence-corrected chi connectivity index (χ2v) is 5.78. The smallest absolute Gasteiger partial charge is 0.142 e. The molecule has 0 aliphatic heterocycles. The molecule has 0 radical (unpaired) electrons. The fourth-order valence-corrected chi connectivity index (χ4v) is 2.60. The molecule has 2 nitrogen and oxygen atoms in total. The van der Waals surface area contributed by atoms with Crippen LogP contribution in [-0.2, 0) is 0 Å². The molecule has 2 aromatic carbocycles. The number of nitrogen functional groups attached to an aromatic ring is 1. The highest BCUT2D eigenvalue weighted by Crippen LogP contribution is 2.39. The minimum absolute atomic E-state index is 0.716. The molecule has 0 amide bonds. The minimum Gasteiger partial charge on any atom is -0.456 e. The predicted molar refractivity (Wildman–Crippen MR) is 80.5 cm³/mol. The van der Waals surface area contributed by atoms with Crippen molar-refractivity contribution in [1.82, 2.24) is 0 Å². The molecule has 0 saturated heterocycles. The molecular formula is C12H8Br3NO. The van der Waals surface area contributed by atoms with Gasteiger partial charge in [-0.2, -0.15) is 0 Å². The third-order valence-electron chi connectivity index (χ3n) is 2.11. The maximum Gasteiger partial charge on any atom is 0.142 e. The lowest BCUT2D eigenvalue weighted by molar-refractivity contribution is 0.479. The average molecular weight is 422 g/mol. The van der Waals surface area contributed by atoms with Crippen LogP contribution in [0.1, 0.15) is 0 Å². The van der Waals surface area contributed by atoms with Crippen molar-refractivity contribution in [3.8, 4) is 11.5 Å². The van der Waals surface area contributed by atoms with E-state index in [1.807, 2.05) is 24.3 Å². The summed E-state index contributed by atoms with van der Waals surface area (Å²) in [5.74, 6) is 1.49. The van der Waals surface area contributed by atoms with Crippen molar-refractivity contribution in [2.24, 2.45) is 0 Å². The lowest BCUT2D eigenvalue weighted by Gasteiger charge is -2.10. The molecule has 0 aliphatic rings. The summed E-state index contributed by atoms with van der Waals surface area (Å²) in [6, 6.07) is 11.1. The zero-order chi connectivity index (χ0) is 12.4. The van der Waals surface area contributed by atoms with Crippen LogP contribution in [0.15, 0.2) is 49.8 Å². The van der Waals surface area contributed by atoms with Gasteiger partial charge in [-0.1, -0.05) is 0 Å². The first-order valence-corrected chi connectivity index (χ1v) is 7.12. The Labute approximate surface area is 125 Å². The Morgan fingerprint density at radius 1 is 0.824 bits per heavy atom. The second kappa shape index (κ2) is 5.42. The van der Waals surface area contributed by atoms with Crippen LogP contribution in [0.4, 0.5) is 5.69 Å². The van der Waals surface area contributed by atoms with E-state index in [1.165, 1.54) is 0 Å². The largest absolute Gasteiger partial charge is 0.456 e. The summed E-state index contributed by atoms with van der Waals surface area (Å²) in [7, 11) is 0. The molecule has 0 fully saturated rings. The van der Waals surface area contributed by atoms with Crippen LogP contribution in [0.2, 0.25) is 0 Å². The number of ether oxygens (including phenoxy) is 1. The number of hydrogen-bond donors (Lipinski definition) is 1. The van der Waals surface area contributed by atoms with E-state index in [0.29, 0.717) is 5.69 Å². The Morgan fingerprint density at radius 3 is 2.12 bits per heavy atom. The van der Waals surface area contributed by atoms with Gasteiger partial charge in [-0.3, -0.25) is 0 Å². The highest BCUT2D eigenvalue weighted by molar-refractivity contribution is 9.14. The summed E-state index contributed by atoms with van der Waals surface area (Å²) in [6.07, 6.45) is 0. The van der Waals surface area contributed by atoms with Crippen LogP contribution in [0.25, 0.3) is 0 Å². The molecule has 0 saturated carbocycles. The van der Waals surface area contributed by atoms with E-state index >= 15 is 0 Å². The maximum atomic E-state index is 5.75. The van der Waals surface area contributed by atoms with Gasteiger partial charge in [-0.15, -0.1) is 0 Å². The van der Waals surface area contributed by atoms with Gasteiger partial charge in [0.2, 0.25) is 0 Å². The average Bonchev–Trinajstić information content (AvgIpc) is 2.33. The van der Waals surface area contributed by atoms with Gasteiger partial charge in [-0.25, -0.2) is 0 Å². The van der Waals surface area contributed by atoms with Crippen LogP contribution >= 0.6 is 47.8 Å². The highest BCUT2D eigenvalue weighted by atomic mass is 79.9. The fraction of sp³-hybridized carbons (Fsp3) is 0. The summed E-state index contributed by atoms with van der Waals surface area (Å²) < 4.78 is 8.50. The molecule has 2 rings (SSSR count). The van der Waals surface area contributed by atoms with Crippen LogP contribution in [0.5, 0.6) is 11.5 Å². The van der Waals surface area contributed by atoms with E-state index in [4.69, 9.17) is 10.5 Å². The van der Waals surface area contributed by atoms with Crippen LogP contribution in [0, 0.1) is 0 Å². The molecule has 0 spiro atoms. The molecule has 0 bridgehead atoms. The van der Waals surface area contributed by atoms with Gasteiger partial charge in [-0.05, 0) is 84.2 Å². The Hall–Kier alpha value is -0.520. The van der Waals surface area contributed by atoms with Gasteiger partial charge < -0.3 is 10.5 Å². The van der Waals surface area contributed by atoms with Gasteiger partial charge in [0.05, 0.1) is 4.47 Å². The Kier molecular flexibility index (Phi) is 4.12. The summed E-state index contributed by atoms with van der Waals surface area (Å²) in [5, 5.41) is 0. The number of benzene rings is 2. The lowest BCUT2D eigenvalue weighted by atomic mass is 10.3. The van der Waals surface area contributed by atoms with Crippen molar-refractivity contribution in [2.75, 3.05) is 5.73 Å². The van der Waals surface area contributed by atoms with Crippen molar-refractivity contribution in [2.45, 2.75) is 0 Å². The Bertz CT molecular complexity index is 540. The number of anilines is 1. The SMILES string of the molecule is Nc1ccc(Oc2ccc(Br)c(Br)c2Br)cc1. The van der Waals surface area contributed by atoms with E-state index < -0.39 is 0 Å². The van der Waals surface area contributed by atoms with Crippen LogP contribution in [0.3, 0.4) is 0 Å². The molecule has 0 atom stereocenters. The van der Waals surface area contributed by atoms with E-state index in [1.54, 1.807) is 12.1 Å². The summed E-state index contributed by atoms with van der Waals surface area (Å²) in [6.45, 7) is 0. The Balaban J connectivity index is 2.30. The first kappa shape index (κ1) is 12.9. The van der Waals surface area contributed by atoms with Crippen molar-refractivity contribution >= 4 is 53.5 Å².